The van der Waals surface area contributed by atoms with Gasteiger partial charge in [0.05, 0.1) is 20.1 Å². The summed E-state index contributed by atoms with van der Waals surface area (Å²) >= 11 is 0. The van der Waals surface area contributed by atoms with Crippen molar-refractivity contribution in [1.29, 1.82) is 0 Å². The van der Waals surface area contributed by atoms with Crippen LogP contribution in [0.2, 0.25) is 0 Å². The number of fused-ring (bicyclic) bond motifs is 1. The number of ether oxygens (including phenoxy) is 2. The van der Waals surface area contributed by atoms with Crippen molar-refractivity contribution < 1.29 is 33.5 Å². The molecule has 7 nitrogen and oxygen atoms in total. The van der Waals surface area contributed by atoms with Gasteiger partial charge in [0.1, 0.15) is 0 Å². The van der Waals surface area contributed by atoms with Gasteiger partial charge in [0.2, 0.25) is 5.91 Å². The van der Waals surface area contributed by atoms with Crippen LogP contribution >= 0.6 is 0 Å². The summed E-state index contributed by atoms with van der Waals surface area (Å²) in [5, 5.41) is 18.7. The zero-order valence-corrected chi connectivity index (χ0v) is 13.5. The number of nitrogens with zero attached hydrogens (tertiary/aromatic N) is 1. The Kier molecular flexibility index (Phi) is 5.79. The Morgan fingerprint density at radius 3 is 2.62 bits per heavy atom. The second-order valence-corrected chi connectivity index (χ2v) is 5.38. The highest BCUT2D eigenvalue weighted by atomic mass is 19.1. The molecular weight excluding hydrogens is 320 g/mol. The molecule has 0 aromatic heterocycles. The molecule has 0 aliphatic carbocycles. The van der Waals surface area contributed by atoms with Crippen molar-refractivity contribution in [2.24, 2.45) is 0 Å². The third-order valence-electron chi connectivity index (χ3n) is 3.84. The summed E-state index contributed by atoms with van der Waals surface area (Å²) in [7, 11) is -0.651. The zero-order valence-electron chi connectivity index (χ0n) is 13.5. The summed E-state index contributed by atoms with van der Waals surface area (Å²) in [6, 6.07) is 1.42. The van der Waals surface area contributed by atoms with Gasteiger partial charge >= 0.3 is 13.1 Å². The smallest absolute Gasteiger partial charge is 0.492 e. The summed E-state index contributed by atoms with van der Waals surface area (Å²) in [6.07, 6.45) is -0.0625. The van der Waals surface area contributed by atoms with E-state index in [0.717, 1.165) is 0 Å². The maximum atomic E-state index is 14.5. The normalized spacial score (nSPS) is 12.8. The number of carbonyl (C=O) groups excluding carboxylic acids is 2. The average Bonchev–Trinajstić information content (AvgIpc) is 2.97. The summed E-state index contributed by atoms with van der Waals surface area (Å²) in [4.78, 5) is 24.9. The fourth-order valence-electron chi connectivity index (χ4n) is 2.69. The van der Waals surface area contributed by atoms with E-state index >= 15 is 0 Å². The number of rotatable bonds is 6. The van der Waals surface area contributed by atoms with Crippen LogP contribution in [0.1, 0.15) is 30.9 Å². The van der Waals surface area contributed by atoms with Crippen molar-refractivity contribution in [2.45, 2.75) is 32.9 Å². The summed E-state index contributed by atoms with van der Waals surface area (Å²) in [5.41, 5.74) is 0.677. The first kappa shape index (κ1) is 18.2. The van der Waals surface area contributed by atoms with Crippen LogP contribution in [-0.4, -0.2) is 47.7 Å². The van der Waals surface area contributed by atoms with E-state index in [9.17, 15) is 24.0 Å². The lowest BCUT2D eigenvalue weighted by molar-refractivity contribution is -0.145. The zero-order chi connectivity index (χ0) is 17.9. The van der Waals surface area contributed by atoms with Crippen molar-refractivity contribution in [2.75, 3.05) is 13.7 Å². The molecule has 1 amide bonds. The molecule has 2 N–H and O–H groups in total. The van der Waals surface area contributed by atoms with E-state index in [2.05, 4.69) is 0 Å². The highest BCUT2D eigenvalue weighted by Crippen LogP contribution is 2.30. The first-order chi connectivity index (χ1) is 11.4. The highest BCUT2D eigenvalue weighted by Gasteiger charge is 2.32. The van der Waals surface area contributed by atoms with Crippen molar-refractivity contribution >= 4 is 24.5 Å². The fraction of sp³-hybridized carbons (Fsp3) is 0.467. The molecule has 0 radical (unpaired) electrons. The Morgan fingerprint density at radius 2 is 2.04 bits per heavy atom. The summed E-state index contributed by atoms with van der Waals surface area (Å²) in [6.45, 7) is 2.11. The van der Waals surface area contributed by atoms with Crippen LogP contribution in [0.3, 0.4) is 0 Å². The van der Waals surface area contributed by atoms with Gasteiger partial charge in [-0.25, -0.2) is 4.39 Å². The van der Waals surface area contributed by atoms with Gasteiger partial charge in [-0.3, -0.25) is 9.59 Å². The third kappa shape index (κ3) is 3.68. The van der Waals surface area contributed by atoms with Crippen LogP contribution in [0.15, 0.2) is 6.07 Å². The second kappa shape index (κ2) is 7.63. The van der Waals surface area contributed by atoms with Gasteiger partial charge in [0.15, 0.2) is 11.6 Å². The maximum Gasteiger partial charge on any atom is 0.492 e. The van der Waals surface area contributed by atoms with E-state index in [0.29, 0.717) is 5.56 Å². The lowest BCUT2D eigenvalue weighted by atomic mass is 9.78. The monoisotopic (exact) mass is 339 g/mol. The molecule has 1 heterocycles. The number of amides is 1. The van der Waals surface area contributed by atoms with Crippen LogP contribution in [0, 0.1) is 5.82 Å². The largest absolute Gasteiger partial charge is 0.494 e. The molecule has 9 heteroatoms. The van der Waals surface area contributed by atoms with E-state index in [1.807, 2.05) is 0 Å². The van der Waals surface area contributed by atoms with Crippen molar-refractivity contribution in [1.82, 2.24) is 4.90 Å². The van der Waals surface area contributed by atoms with Crippen molar-refractivity contribution in [3.63, 3.8) is 0 Å². The molecule has 0 atom stereocenters. The number of methoxy groups -OCH3 is 1. The predicted octanol–water partition coefficient (Wildman–Crippen LogP) is -0.300. The quantitative estimate of drug-likeness (QED) is 0.546. The van der Waals surface area contributed by atoms with Crippen LogP contribution < -0.4 is 10.2 Å². The van der Waals surface area contributed by atoms with Gasteiger partial charge in [-0.15, -0.1) is 0 Å². The number of carbonyl (C=O) groups is 2. The van der Waals surface area contributed by atoms with Crippen molar-refractivity contribution in [3.8, 4) is 5.75 Å². The van der Waals surface area contributed by atoms with Gasteiger partial charge < -0.3 is 24.4 Å². The van der Waals surface area contributed by atoms with E-state index < -0.39 is 18.9 Å². The molecule has 0 fully saturated rings. The third-order valence-corrected chi connectivity index (χ3v) is 3.84. The van der Waals surface area contributed by atoms with Crippen LogP contribution in [0.5, 0.6) is 5.75 Å². The van der Waals surface area contributed by atoms with Gasteiger partial charge in [-0.1, -0.05) is 6.07 Å². The van der Waals surface area contributed by atoms with Gasteiger partial charge in [-0.05, 0) is 12.5 Å². The maximum absolute atomic E-state index is 14.5. The minimum Gasteiger partial charge on any atom is -0.494 e. The topological polar surface area (TPSA) is 96.3 Å². The lowest BCUT2D eigenvalue weighted by Crippen LogP contribution is -2.32. The first-order valence-corrected chi connectivity index (χ1v) is 7.56. The van der Waals surface area contributed by atoms with E-state index in [1.165, 1.54) is 18.1 Å². The van der Waals surface area contributed by atoms with Crippen LogP contribution in [-0.2, 0) is 27.4 Å². The van der Waals surface area contributed by atoms with E-state index in [1.54, 1.807) is 6.92 Å². The lowest BCUT2D eigenvalue weighted by Gasteiger charge is -2.14. The molecule has 2 rings (SSSR count). The summed E-state index contributed by atoms with van der Waals surface area (Å²) in [5.74, 6) is -1.71. The molecule has 1 aliphatic heterocycles. The molecule has 1 aromatic carbocycles. The standard InChI is InChI=1S/C15H19BFNO6/c1-3-24-13(20)5-4-12(19)18-7-9-6-11(16(21)22)15(23-2)14(17)10(9)8-18/h6,21-22H,3-5,7-8H2,1-2H3. The Hall–Kier alpha value is -2.13. The molecule has 0 spiro atoms. The van der Waals surface area contributed by atoms with E-state index in [-0.39, 0.29) is 55.2 Å². The molecule has 0 saturated carbocycles. The Balaban J connectivity index is 2.13. The molecule has 130 valence electrons. The van der Waals surface area contributed by atoms with Gasteiger partial charge in [-0.2, -0.15) is 0 Å². The number of hydrogen-bond acceptors (Lipinski definition) is 6. The molecule has 1 aromatic rings. The van der Waals surface area contributed by atoms with Crippen molar-refractivity contribution in [3.05, 3.63) is 23.0 Å². The highest BCUT2D eigenvalue weighted by molar-refractivity contribution is 6.59. The molecule has 1 aliphatic rings. The average molecular weight is 339 g/mol. The fourth-order valence-corrected chi connectivity index (χ4v) is 2.69. The van der Waals surface area contributed by atoms with E-state index in [4.69, 9.17) is 9.47 Å². The number of benzene rings is 1. The molecule has 0 bridgehead atoms. The number of esters is 1. The van der Waals surface area contributed by atoms with Gasteiger partial charge in [0.25, 0.3) is 0 Å². The minimum atomic E-state index is -1.88. The minimum absolute atomic E-state index is 0.0267. The Morgan fingerprint density at radius 1 is 1.33 bits per heavy atom. The van der Waals surface area contributed by atoms with Crippen LogP contribution in [0.4, 0.5) is 4.39 Å². The number of hydrogen-bond donors (Lipinski definition) is 2. The molecular formula is C15H19BFNO6. The van der Waals surface area contributed by atoms with Crippen LogP contribution in [0.25, 0.3) is 0 Å². The molecule has 0 unspecified atom stereocenters. The number of halogens is 1. The van der Waals surface area contributed by atoms with Gasteiger partial charge in [0, 0.05) is 30.5 Å². The second-order valence-electron chi connectivity index (χ2n) is 5.38. The predicted molar refractivity (Wildman–Crippen MR) is 82.9 cm³/mol. The molecule has 24 heavy (non-hydrogen) atoms. The Bertz CT molecular complexity index is 651. The Labute approximate surface area is 139 Å². The summed E-state index contributed by atoms with van der Waals surface area (Å²) < 4.78 is 24.2. The SMILES string of the molecule is CCOC(=O)CCC(=O)N1Cc2cc(B(O)O)c(OC)c(F)c2C1. The first-order valence-electron chi connectivity index (χ1n) is 7.56. The molecule has 0 saturated heterocycles.